The maximum Gasteiger partial charge on any atom is 0.258 e. The molecule has 3 N–H and O–H groups in total. The summed E-state index contributed by atoms with van der Waals surface area (Å²) in [5.41, 5.74) is 4.68. The summed E-state index contributed by atoms with van der Waals surface area (Å²) < 4.78 is 5.45. The van der Waals surface area contributed by atoms with Crippen LogP contribution in [0.2, 0.25) is 0 Å². The van der Waals surface area contributed by atoms with Gasteiger partial charge in [0.15, 0.2) is 5.82 Å². The van der Waals surface area contributed by atoms with Gasteiger partial charge in [-0.3, -0.25) is 14.8 Å². The average molecular weight is 462 g/mol. The molecular formula is C26H31N5O3. The first kappa shape index (κ1) is 21.4. The molecule has 3 heterocycles. The zero-order valence-corrected chi connectivity index (χ0v) is 19.3. The Labute approximate surface area is 198 Å². The Morgan fingerprint density at radius 1 is 1.12 bits per heavy atom. The van der Waals surface area contributed by atoms with Gasteiger partial charge in [-0.15, -0.1) is 0 Å². The van der Waals surface area contributed by atoms with Crippen LogP contribution in [-0.2, 0) is 24.4 Å². The third-order valence-electron chi connectivity index (χ3n) is 7.40. The van der Waals surface area contributed by atoms with E-state index >= 15 is 0 Å². The predicted octanol–water partition coefficient (Wildman–Crippen LogP) is 3.61. The fourth-order valence-corrected chi connectivity index (χ4v) is 5.48. The van der Waals surface area contributed by atoms with Gasteiger partial charge in [0.25, 0.3) is 5.91 Å². The predicted molar refractivity (Wildman–Crippen MR) is 130 cm³/mol. The molecule has 0 unspecified atom stereocenters. The Morgan fingerprint density at radius 2 is 1.91 bits per heavy atom. The number of nitrogens with zero attached hydrogens (tertiary/aromatic N) is 3. The molecule has 1 aromatic heterocycles. The second-order valence-electron chi connectivity index (χ2n) is 9.77. The van der Waals surface area contributed by atoms with Crippen molar-refractivity contribution in [1.82, 2.24) is 20.0 Å². The second-order valence-corrected chi connectivity index (χ2v) is 9.77. The van der Waals surface area contributed by atoms with Crippen molar-refractivity contribution in [1.29, 1.82) is 0 Å². The van der Waals surface area contributed by atoms with Crippen molar-refractivity contribution in [2.45, 2.75) is 51.4 Å². The average Bonchev–Trinajstić information content (AvgIpc) is 3.59. The number of hydrogen-bond acceptors (Lipinski definition) is 6. The lowest BCUT2D eigenvalue weighted by molar-refractivity contribution is 0.0342. The fourth-order valence-electron chi connectivity index (χ4n) is 5.48. The number of H-pyrrole nitrogens is 1. The molecule has 3 aromatic rings. The molecule has 6 rings (SSSR count). The Morgan fingerprint density at radius 3 is 2.74 bits per heavy atom. The molecule has 2 aliphatic heterocycles. The van der Waals surface area contributed by atoms with E-state index in [0.717, 1.165) is 62.4 Å². The van der Waals surface area contributed by atoms with Crippen LogP contribution >= 0.6 is 0 Å². The highest BCUT2D eigenvalue weighted by Gasteiger charge is 2.27. The number of fused-ring (bicyclic) bond motifs is 2. The largest absolute Gasteiger partial charge is 0.507 e. The SMILES string of the molecule is O=C(c1cc2c(NC3CCCC3)n[nH]c2cc1O)N1Cc2ccc(CN3CCOCC3)cc2C1. The summed E-state index contributed by atoms with van der Waals surface area (Å²) in [6.45, 7) is 5.50. The van der Waals surface area contributed by atoms with Crippen molar-refractivity contribution >= 4 is 22.6 Å². The Bertz CT molecular complexity index is 1210. The first-order chi connectivity index (χ1) is 16.6. The molecule has 0 atom stereocenters. The Kier molecular flexibility index (Phi) is 5.63. The second kappa shape index (κ2) is 8.92. The van der Waals surface area contributed by atoms with Gasteiger partial charge in [-0.25, -0.2) is 0 Å². The molecule has 178 valence electrons. The van der Waals surface area contributed by atoms with Crippen LogP contribution in [0.1, 0.15) is 52.7 Å². The molecule has 0 bridgehead atoms. The lowest BCUT2D eigenvalue weighted by Gasteiger charge is -2.26. The van der Waals surface area contributed by atoms with Gasteiger partial charge < -0.3 is 20.1 Å². The molecule has 3 aliphatic rings. The quantitative estimate of drug-likeness (QED) is 0.538. The van der Waals surface area contributed by atoms with Crippen molar-refractivity contribution in [2.75, 3.05) is 31.6 Å². The first-order valence-electron chi connectivity index (χ1n) is 12.3. The van der Waals surface area contributed by atoms with Crippen molar-refractivity contribution in [3.63, 3.8) is 0 Å². The van der Waals surface area contributed by atoms with Crippen molar-refractivity contribution < 1.29 is 14.6 Å². The zero-order chi connectivity index (χ0) is 23.1. The van der Waals surface area contributed by atoms with Crippen molar-refractivity contribution in [3.05, 3.63) is 52.6 Å². The molecule has 1 saturated carbocycles. The number of nitrogens with one attached hydrogen (secondary N) is 2. The van der Waals surface area contributed by atoms with Crippen LogP contribution in [-0.4, -0.2) is 63.4 Å². The third kappa shape index (κ3) is 4.12. The Balaban J connectivity index is 1.20. The van der Waals surface area contributed by atoms with Crippen LogP contribution in [0.5, 0.6) is 5.75 Å². The van der Waals surface area contributed by atoms with E-state index in [2.05, 4.69) is 38.6 Å². The van der Waals surface area contributed by atoms with E-state index in [-0.39, 0.29) is 11.7 Å². The van der Waals surface area contributed by atoms with Crippen molar-refractivity contribution in [2.24, 2.45) is 0 Å². The minimum atomic E-state index is -0.154. The summed E-state index contributed by atoms with van der Waals surface area (Å²) in [4.78, 5) is 17.7. The van der Waals surface area contributed by atoms with E-state index in [1.165, 1.54) is 29.5 Å². The standard InChI is InChI=1S/C26H31N5O3/c32-24-13-23-21(25(29-28-23)27-20-3-1-2-4-20)12-22(24)26(33)31-15-18-6-5-17(11-19(18)16-31)14-30-7-9-34-10-8-30/h5-6,11-13,20,32H,1-4,7-10,14-16H2,(H2,27,28,29). The molecule has 1 aliphatic carbocycles. The van der Waals surface area contributed by atoms with E-state index in [1.54, 1.807) is 12.1 Å². The van der Waals surface area contributed by atoms with E-state index in [1.807, 2.05) is 4.90 Å². The van der Waals surface area contributed by atoms with Crippen LogP contribution < -0.4 is 5.32 Å². The lowest BCUT2D eigenvalue weighted by Crippen LogP contribution is -2.35. The number of hydrogen-bond donors (Lipinski definition) is 3. The highest BCUT2D eigenvalue weighted by molar-refractivity contribution is 6.03. The number of phenols is 1. The van der Waals surface area contributed by atoms with Gasteiger partial charge in [-0.1, -0.05) is 31.0 Å². The monoisotopic (exact) mass is 461 g/mol. The smallest absolute Gasteiger partial charge is 0.258 e. The number of aromatic amines is 1. The zero-order valence-electron chi connectivity index (χ0n) is 19.3. The maximum absolute atomic E-state index is 13.5. The number of carbonyl (C=O) groups excluding carboxylic acids is 1. The number of benzene rings is 2. The van der Waals surface area contributed by atoms with Crippen molar-refractivity contribution in [3.8, 4) is 5.75 Å². The number of morpholine rings is 1. The Hall–Kier alpha value is -3.10. The highest BCUT2D eigenvalue weighted by atomic mass is 16.5. The number of amides is 1. The molecule has 1 saturated heterocycles. The minimum absolute atomic E-state index is 0.0162. The summed E-state index contributed by atoms with van der Waals surface area (Å²) in [6, 6.07) is 10.3. The number of rotatable bonds is 5. The van der Waals surface area contributed by atoms with Gasteiger partial charge in [0.1, 0.15) is 5.75 Å². The van der Waals surface area contributed by atoms with E-state index in [4.69, 9.17) is 4.74 Å². The van der Waals surface area contributed by atoms with Gasteiger partial charge in [-0.05, 0) is 35.6 Å². The normalized spacial score (nSPS) is 19.1. The van der Waals surface area contributed by atoms with E-state index in [9.17, 15) is 9.90 Å². The van der Waals surface area contributed by atoms with Crippen LogP contribution in [0.3, 0.4) is 0 Å². The number of phenolic OH excluding ortho intramolecular Hbond substituents is 1. The lowest BCUT2D eigenvalue weighted by atomic mass is 10.1. The maximum atomic E-state index is 13.5. The van der Waals surface area contributed by atoms with Gasteiger partial charge in [-0.2, -0.15) is 5.10 Å². The van der Waals surface area contributed by atoms with Gasteiger partial charge in [0.2, 0.25) is 0 Å². The van der Waals surface area contributed by atoms with Crippen LogP contribution in [0.25, 0.3) is 10.9 Å². The minimum Gasteiger partial charge on any atom is -0.507 e. The van der Waals surface area contributed by atoms with E-state index < -0.39 is 0 Å². The fraction of sp³-hybridized carbons (Fsp3) is 0.462. The third-order valence-corrected chi connectivity index (χ3v) is 7.40. The molecular weight excluding hydrogens is 430 g/mol. The summed E-state index contributed by atoms with van der Waals surface area (Å²) in [7, 11) is 0. The molecule has 8 heteroatoms. The highest BCUT2D eigenvalue weighted by Crippen LogP contribution is 2.33. The molecule has 0 spiro atoms. The number of aromatic hydroxyl groups is 1. The summed E-state index contributed by atoms with van der Waals surface area (Å²) in [6.07, 6.45) is 4.73. The summed E-state index contributed by atoms with van der Waals surface area (Å²) in [5.74, 6) is 0.587. The van der Waals surface area contributed by atoms with Crippen LogP contribution in [0.4, 0.5) is 5.82 Å². The number of carbonyl (C=O) groups is 1. The molecule has 8 nitrogen and oxygen atoms in total. The molecule has 2 aromatic carbocycles. The number of anilines is 1. The molecule has 2 fully saturated rings. The number of aromatic nitrogens is 2. The van der Waals surface area contributed by atoms with E-state index in [0.29, 0.717) is 24.7 Å². The summed E-state index contributed by atoms with van der Waals surface area (Å²) >= 11 is 0. The van der Waals surface area contributed by atoms with Crippen LogP contribution in [0, 0.1) is 0 Å². The van der Waals surface area contributed by atoms with Crippen LogP contribution in [0.15, 0.2) is 30.3 Å². The van der Waals surface area contributed by atoms with Gasteiger partial charge in [0.05, 0.1) is 24.3 Å². The number of ether oxygens (including phenoxy) is 1. The summed E-state index contributed by atoms with van der Waals surface area (Å²) in [5, 5.41) is 22.4. The van der Waals surface area contributed by atoms with Gasteiger partial charge in [0, 0.05) is 50.2 Å². The van der Waals surface area contributed by atoms with Gasteiger partial charge >= 0.3 is 0 Å². The molecule has 0 radical (unpaired) electrons. The first-order valence-corrected chi connectivity index (χ1v) is 12.3. The molecule has 34 heavy (non-hydrogen) atoms. The topological polar surface area (TPSA) is 93.7 Å². The molecule has 1 amide bonds.